The van der Waals surface area contributed by atoms with Gasteiger partial charge in [-0.1, -0.05) is 18.6 Å². The lowest BCUT2D eigenvalue weighted by Gasteiger charge is -2.47. The van der Waals surface area contributed by atoms with Crippen LogP contribution in [0.5, 0.6) is 0 Å². The monoisotopic (exact) mass is 256 g/mol. The van der Waals surface area contributed by atoms with Gasteiger partial charge in [0, 0.05) is 35.7 Å². The fourth-order valence-electron chi connectivity index (χ4n) is 3.44. The fraction of sp³-hybridized carbons (Fsp3) is 0.529. The van der Waals surface area contributed by atoms with Gasteiger partial charge in [0.2, 0.25) is 0 Å². The second kappa shape index (κ2) is 5.01. The van der Waals surface area contributed by atoms with Crippen LogP contribution in [0.2, 0.25) is 0 Å². The molecule has 2 heteroatoms. The molecule has 1 aliphatic rings. The van der Waals surface area contributed by atoms with E-state index in [0.717, 1.165) is 18.5 Å². The van der Waals surface area contributed by atoms with Crippen LogP contribution in [0.3, 0.4) is 0 Å². The standard InChI is InChI=1S/C17H24N2/c1-4-15-10-13(3)19(15)8-7-14-11-18-17-6-5-12(2)9-16(14)17/h5-6,9,11,13,15,18H,4,7-8,10H2,1-3H3. The van der Waals surface area contributed by atoms with Gasteiger partial charge in [0.25, 0.3) is 0 Å². The van der Waals surface area contributed by atoms with E-state index in [1.807, 2.05) is 0 Å². The Bertz CT molecular complexity index is 570. The smallest absolute Gasteiger partial charge is 0.0456 e. The first-order valence-corrected chi connectivity index (χ1v) is 7.51. The van der Waals surface area contributed by atoms with Gasteiger partial charge in [-0.05, 0) is 50.8 Å². The van der Waals surface area contributed by atoms with Crippen LogP contribution < -0.4 is 0 Å². The highest BCUT2D eigenvalue weighted by molar-refractivity contribution is 5.83. The molecule has 19 heavy (non-hydrogen) atoms. The van der Waals surface area contributed by atoms with Gasteiger partial charge in [0.1, 0.15) is 0 Å². The molecule has 3 rings (SSSR count). The Morgan fingerprint density at radius 2 is 2.21 bits per heavy atom. The number of aromatic amines is 1. The number of nitrogens with zero attached hydrogens (tertiary/aromatic N) is 1. The van der Waals surface area contributed by atoms with Crippen molar-refractivity contribution >= 4 is 10.9 Å². The van der Waals surface area contributed by atoms with Gasteiger partial charge in [0.15, 0.2) is 0 Å². The van der Waals surface area contributed by atoms with Crippen LogP contribution in [0.4, 0.5) is 0 Å². The number of rotatable bonds is 4. The number of fused-ring (bicyclic) bond motifs is 1. The molecule has 0 amide bonds. The maximum atomic E-state index is 3.39. The molecule has 1 aromatic heterocycles. The van der Waals surface area contributed by atoms with Crippen molar-refractivity contribution in [1.29, 1.82) is 0 Å². The first-order valence-electron chi connectivity index (χ1n) is 7.51. The molecule has 1 N–H and O–H groups in total. The highest BCUT2D eigenvalue weighted by Crippen LogP contribution is 2.28. The Morgan fingerprint density at radius 1 is 1.37 bits per heavy atom. The van der Waals surface area contributed by atoms with Crippen molar-refractivity contribution in [3.05, 3.63) is 35.5 Å². The largest absolute Gasteiger partial charge is 0.361 e. The maximum Gasteiger partial charge on any atom is 0.0456 e. The van der Waals surface area contributed by atoms with Gasteiger partial charge >= 0.3 is 0 Å². The summed E-state index contributed by atoms with van der Waals surface area (Å²) in [6, 6.07) is 8.26. The first-order chi connectivity index (χ1) is 9.19. The van der Waals surface area contributed by atoms with Crippen molar-refractivity contribution in [3.63, 3.8) is 0 Å². The van der Waals surface area contributed by atoms with Gasteiger partial charge in [-0.2, -0.15) is 0 Å². The minimum Gasteiger partial charge on any atom is -0.361 e. The lowest BCUT2D eigenvalue weighted by atomic mass is 9.91. The second-order valence-corrected chi connectivity index (χ2v) is 6.00. The zero-order valence-corrected chi connectivity index (χ0v) is 12.2. The molecule has 1 fully saturated rings. The van der Waals surface area contributed by atoms with Crippen LogP contribution in [-0.4, -0.2) is 28.5 Å². The summed E-state index contributed by atoms with van der Waals surface area (Å²) >= 11 is 0. The number of hydrogen-bond acceptors (Lipinski definition) is 1. The van der Waals surface area contributed by atoms with Gasteiger partial charge in [-0.3, -0.25) is 4.90 Å². The van der Waals surface area contributed by atoms with Crippen molar-refractivity contribution in [2.24, 2.45) is 0 Å². The van der Waals surface area contributed by atoms with E-state index in [2.05, 4.69) is 55.1 Å². The Balaban J connectivity index is 1.73. The topological polar surface area (TPSA) is 19.0 Å². The molecule has 0 spiro atoms. The van der Waals surface area contributed by atoms with Crippen molar-refractivity contribution in [2.75, 3.05) is 6.54 Å². The highest BCUT2D eigenvalue weighted by atomic mass is 15.2. The summed E-state index contributed by atoms with van der Waals surface area (Å²) < 4.78 is 0. The predicted octanol–water partition coefficient (Wildman–Crippen LogP) is 3.89. The molecule has 2 aromatic rings. The molecule has 0 bridgehead atoms. The number of benzene rings is 1. The molecule has 0 saturated carbocycles. The summed E-state index contributed by atoms with van der Waals surface area (Å²) in [6.07, 6.45) is 6.01. The fourth-order valence-corrected chi connectivity index (χ4v) is 3.44. The molecule has 0 radical (unpaired) electrons. The van der Waals surface area contributed by atoms with Crippen LogP contribution in [-0.2, 0) is 6.42 Å². The van der Waals surface area contributed by atoms with Gasteiger partial charge in [-0.15, -0.1) is 0 Å². The zero-order chi connectivity index (χ0) is 13.4. The predicted molar refractivity (Wildman–Crippen MR) is 81.6 cm³/mol. The normalized spacial score (nSPS) is 23.7. The number of H-pyrrole nitrogens is 1. The molecule has 2 heterocycles. The lowest BCUT2D eigenvalue weighted by Crippen LogP contribution is -2.54. The van der Waals surface area contributed by atoms with Crippen LogP contribution in [0.25, 0.3) is 10.9 Å². The Morgan fingerprint density at radius 3 is 2.95 bits per heavy atom. The van der Waals surface area contributed by atoms with E-state index in [9.17, 15) is 0 Å². The summed E-state index contributed by atoms with van der Waals surface area (Å²) in [6.45, 7) is 8.02. The van der Waals surface area contributed by atoms with E-state index in [1.165, 1.54) is 41.4 Å². The van der Waals surface area contributed by atoms with Crippen molar-refractivity contribution in [2.45, 2.75) is 52.1 Å². The zero-order valence-electron chi connectivity index (χ0n) is 12.2. The SMILES string of the molecule is CCC1CC(C)N1CCc1c[nH]c2ccc(C)cc12. The summed E-state index contributed by atoms with van der Waals surface area (Å²) in [4.78, 5) is 6.05. The third kappa shape index (κ3) is 2.30. The molecular weight excluding hydrogens is 232 g/mol. The Hall–Kier alpha value is -1.28. The minimum atomic E-state index is 0.775. The number of aromatic nitrogens is 1. The maximum absolute atomic E-state index is 3.39. The minimum absolute atomic E-state index is 0.775. The molecular formula is C17H24N2. The van der Waals surface area contributed by atoms with Gasteiger partial charge < -0.3 is 4.98 Å². The van der Waals surface area contributed by atoms with E-state index < -0.39 is 0 Å². The third-order valence-corrected chi connectivity index (χ3v) is 4.68. The average Bonchev–Trinajstić information content (AvgIpc) is 2.78. The van der Waals surface area contributed by atoms with E-state index in [1.54, 1.807) is 0 Å². The molecule has 2 atom stereocenters. The van der Waals surface area contributed by atoms with E-state index >= 15 is 0 Å². The molecule has 2 unspecified atom stereocenters. The average molecular weight is 256 g/mol. The summed E-state index contributed by atoms with van der Waals surface area (Å²) in [5, 5.41) is 1.40. The van der Waals surface area contributed by atoms with Crippen LogP contribution in [0, 0.1) is 6.92 Å². The quantitative estimate of drug-likeness (QED) is 0.879. The molecule has 0 aliphatic carbocycles. The number of aryl methyl sites for hydroxylation is 1. The second-order valence-electron chi connectivity index (χ2n) is 6.00. The number of hydrogen-bond donors (Lipinski definition) is 1. The van der Waals surface area contributed by atoms with Crippen LogP contribution in [0.1, 0.15) is 37.8 Å². The Labute approximate surface area is 115 Å². The molecule has 1 saturated heterocycles. The van der Waals surface area contributed by atoms with Crippen molar-refractivity contribution in [3.8, 4) is 0 Å². The van der Waals surface area contributed by atoms with E-state index in [-0.39, 0.29) is 0 Å². The summed E-state index contributed by atoms with van der Waals surface area (Å²) in [5.74, 6) is 0. The summed E-state index contributed by atoms with van der Waals surface area (Å²) in [5.41, 5.74) is 4.08. The lowest BCUT2D eigenvalue weighted by molar-refractivity contribution is 0.0255. The molecule has 1 aromatic carbocycles. The molecule has 102 valence electrons. The third-order valence-electron chi connectivity index (χ3n) is 4.68. The van der Waals surface area contributed by atoms with Crippen molar-refractivity contribution < 1.29 is 0 Å². The van der Waals surface area contributed by atoms with E-state index in [0.29, 0.717) is 0 Å². The molecule has 1 aliphatic heterocycles. The van der Waals surface area contributed by atoms with Crippen LogP contribution in [0.15, 0.2) is 24.4 Å². The highest BCUT2D eigenvalue weighted by Gasteiger charge is 2.32. The Kier molecular flexibility index (Phi) is 3.36. The van der Waals surface area contributed by atoms with Crippen molar-refractivity contribution in [1.82, 2.24) is 9.88 Å². The van der Waals surface area contributed by atoms with Gasteiger partial charge in [-0.25, -0.2) is 0 Å². The van der Waals surface area contributed by atoms with Gasteiger partial charge in [0.05, 0.1) is 0 Å². The molecule has 2 nitrogen and oxygen atoms in total. The van der Waals surface area contributed by atoms with Crippen LogP contribution >= 0.6 is 0 Å². The number of likely N-dealkylation sites (tertiary alicyclic amines) is 1. The first kappa shape index (κ1) is 12.7. The van der Waals surface area contributed by atoms with E-state index in [4.69, 9.17) is 0 Å². The number of nitrogens with one attached hydrogen (secondary N) is 1. The summed E-state index contributed by atoms with van der Waals surface area (Å²) in [7, 11) is 0.